The van der Waals surface area contributed by atoms with Crippen molar-refractivity contribution in [3.8, 4) is 0 Å². The van der Waals surface area contributed by atoms with Gasteiger partial charge in [-0.15, -0.1) is 0 Å². The minimum atomic E-state index is -0.310. The molecule has 0 amide bonds. The summed E-state index contributed by atoms with van der Waals surface area (Å²) in [6, 6.07) is 10.7. The molecule has 1 heterocycles. The molecule has 3 atom stereocenters. The molecule has 1 aliphatic carbocycles. The Bertz CT molecular complexity index is 832. The summed E-state index contributed by atoms with van der Waals surface area (Å²) in [4.78, 5) is 2.43. The van der Waals surface area contributed by atoms with E-state index in [0.717, 1.165) is 42.9 Å². The summed E-state index contributed by atoms with van der Waals surface area (Å²) >= 11 is 12.4. The summed E-state index contributed by atoms with van der Waals surface area (Å²) in [5.41, 5.74) is 9.23. The van der Waals surface area contributed by atoms with Crippen LogP contribution in [0.1, 0.15) is 35.6 Å². The predicted octanol–water partition coefficient (Wildman–Crippen LogP) is 4.74. The molecule has 0 spiro atoms. The lowest BCUT2D eigenvalue weighted by Crippen LogP contribution is -2.49. The van der Waals surface area contributed by atoms with Crippen molar-refractivity contribution in [2.75, 3.05) is 13.1 Å². The molecule has 2 aromatic rings. The zero-order valence-electron chi connectivity index (χ0n) is 15.0. The number of hydrogen-bond donors (Lipinski definition) is 1. The fourth-order valence-corrected chi connectivity index (χ4v) is 4.63. The van der Waals surface area contributed by atoms with Crippen LogP contribution in [0.15, 0.2) is 36.4 Å². The van der Waals surface area contributed by atoms with Crippen LogP contribution in [-0.2, 0) is 17.8 Å². The van der Waals surface area contributed by atoms with Crippen LogP contribution in [0.2, 0.25) is 10.0 Å². The van der Waals surface area contributed by atoms with Gasteiger partial charge in [0.2, 0.25) is 0 Å². The van der Waals surface area contributed by atoms with Gasteiger partial charge in [-0.1, -0.05) is 29.3 Å². The van der Waals surface area contributed by atoms with Gasteiger partial charge in [0.25, 0.3) is 0 Å². The normalized spacial score (nSPS) is 25.6. The average molecular weight is 409 g/mol. The number of likely N-dealkylation sites (tertiary alicyclic amines) is 1. The number of piperidine rings is 1. The summed E-state index contributed by atoms with van der Waals surface area (Å²) in [7, 11) is 0. The van der Waals surface area contributed by atoms with Crippen molar-refractivity contribution in [2.45, 2.75) is 44.1 Å². The first-order chi connectivity index (χ1) is 13.0. The van der Waals surface area contributed by atoms with E-state index in [1.54, 1.807) is 6.07 Å². The van der Waals surface area contributed by atoms with Gasteiger partial charge in [0.15, 0.2) is 0 Å². The zero-order valence-corrected chi connectivity index (χ0v) is 16.5. The van der Waals surface area contributed by atoms with Gasteiger partial charge < -0.3 is 10.5 Å². The smallest absolute Gasteiger partial charge is 0.123 e. The van der Waals surface area contributed by atoms with Gasteiger partial charge >= 0.3 is 0 Å². The van der Waals surface area contributed by atoms with E-state index in [2.05, 4.69) is 4.90 Å². The van der Waals surface area contributed by atoms with E-state index in [1.165, 1.54) is 17.7 Å². The maximum absolute atomic E-state index is 13.6. The van der Waals surface area contributed by atoms with Crippen molar-refractivity contribution in [1.82, 2.24) is 4.90 Å². The van der Waals surface area contributed by atoms with Gasteiger partial charge in [-0.3, -0.25) is 4.90 Å². The maximum atomic E-state index is 13.6. The number of nitrogens with zero attached hydrogens (tertiary/aromatic N) is 1. The van der Waals surface area contributed by atoms with Gasteiger partial charge in [0, 0.05) is 28.7 Å². The Kier molecular flexibility index (Phi) is 5.72. The van der Waals surface area contributed by atoms with Crippen molar-refractivity contribution in [3.05, 3.63) is 69.0 Å². The first-order valence-corrected chi connectivity index (χ1v) is 10.1. The summed E-state index contributed by atoms with van der Waals surface area (Å²) < 4.78 is 19.9. The Labute approximate surface area is 169 Å². The highest BCUT2D eigenvalue weighted by Gasteiger charge is 2.38. The largest absolute Gasteiger partial charge is 0.367 e. The lowest BCUT2D eigenvalue weighted by atomic mass is 10.0. The third-order valence-electron chi connectivity index (χ3n) is 5.57. The molecule has 6 heteroatoms. The third-order valence-corrected chi connectivity index (χ3v) is 6.18. The van der Waals surface area contributed by atoms with E-state index in [9.17, 15) is 4.39 Å². The number of halogens is 3. The minimum Gasteiger partial charge on any atom is -0.367 e. The summed E-state index contributed by atoms with van der Waals surface area (Å²) in [6.07, 6.45) is 2.93. The number of fused-ring (bicyclic) bond motifs is 1. The molecule has 0 aromatic heterocycles. The lowest BCUT2D eigenvalue weighted by Gasteiger charge is -2.38. The van der Waals surface area contributed by atoms with Crippen molar-refractivity contribution >= 4 is 23.2 Å². The van der Waals surface area contributed by atoms with Crippen molar-refractivity contribution < 1.29 is 9.13 Å². The monoisotopic (exact) mass is 408 g/mol. The predicted molar refractivity (Wildman–Crippen MR) is 107 cm³/mol. The molecule has 1 saturated heterocycles. The molecule has 0 bridgehead atoms. The molecule has 0 radical (unpaired) electrons. The van der Waals surface area contributed by atoms with Gasteiger partial charge in [-0.2, -0.15) is 0 Å². The Morgan fingerprint density at radius 3 is 2.85 bits per heavy atom. The Morgan fingerprint density at radius 2 is 2.04 bits per heavy atom. The van der Waals surface area contributed by atoms with E-state index in [4.69, 9.17) is 33.7 Å². The van der Waals surface area contributed by atoms with Gasteiger partial charge in [0.1, 0.15) is 5.82 Å². The van der Waals surface area contributed by atoms with Gasteiger partial charge in [0.05, 0.1) is 12.7 Å². The second-order valence-electron chi connectivity index (χ2n) is 7.48. The van der Waals surface area contributed by atoms with Crippen LogP contribution in [0, 0.1) is 5.82 Å². The van der Waals surface area contributed by atoms with Crippen LogP contribution < -0.4 is 5.73 Å². The van der Waals surface area contributed by atoms with Gasteiger partial charge in [-0.25, -0.2) is 4.39 Å². The van der Waals surface area contributed by atoms with Crippen molar-refractivity contribution in [2.24, 2.45) is 5.73 Å². The van der Waals surface area contributed by atoms with E-state index in [-0.39, 0.29) is 30.6 Å². The molecular formula is C21H23Cl2FN2O. The lowest BCUT2D eigenvalue weighted by molar-refractivity contribution is -0.0237. The minimum absolute atomic E-state index is 0.109. The highest BCUT2D eigenvalue weighted by atomic mass is 35.5. The summed E-state index contributed by atoms with van der Waals surface area (Å²) in [6.45, 7) is 2.15. The zero-order chi connectivity index (χ0) is 19.0. The number of hydrogen-bond acceptors (Lipinski definition) is 3. The highest BCUT2D eigenvalue weighted by molar-refractivity contribution is 6.31. The molecular weight excluding hydrogens is 386 g/mol. The number of benzene rings is 2. The third kappa shape index (κ3) is 4.15. The standard InChI is InChI=1S/C21H23Cl2FN2O/c22-15-3-5-18-13(8-15)10-20(26-7-1-2-17(25)11-26)21(18)27-12-14-9-16(24)4-6-19(14)23/h3-6,8-9,17,20-21H,1-2,7,10-12,25H2/t17-,20+,21+/m1/s1. The Balaban J connectivity index is 1.58. The molecule has 1 fully saturated rings. The summed E-state index contributed by atoms with van der Waals surface area (Å²) in [5, 5.41) is 1.25. The molecule has 0 saturated carbocycles. The summed E-state index contributed by atoms with van der Waals surface area (Å²) in [5.74, 6) is -0.310. The van der Waals surface area contributed by atoms with E-state index < -0.39 is 0 Å². The van der Waals surface area contributed by atoms with Crippen LogP contribution in [-0.4, -0.2) is 30.1 Å². The molecule has 1 aliphatic heterocycles. The maximum Gasteiger partial charge on any atom is 0.123 e. The fourth-order valence-electron chi connectivity index (χ4n) is 4.26. The highest BCUT2D eigenvalue weighted by Crippen LogP contribution is 2.40. The van der Waals surface area contributed by atoms with Crippen LogP contribution in [0.5, 0.6) is 0 Å². The fraction of sp³-hybridized carbons (Fsp3) is 0.429. The second kappa shape index (κ2) is 8.06. The van der Waals surface area contributed by atoms with Crippen LogP contribution in [0.25, 0.3) is 0 Å². The van der Waals surface area contributed by atoms with E-state index in [0.29, 0.717) is 10.6 Å². The van der Waals surface area contributed by atoms with Crippen LogP contribution in [0.3, 0.4) is 0 Å². The van der Waals surface area contributed by atoms with Gasteiger partial charge in [-0.05, 0) is 72.8 Å². The molecule has 2 aliphatic rings. The molecule has 4 rings (SSSR count). The van der Waals surface area contributed by atoms with Crippen LogP contribution >= 0.6 is 23.2 Å². The Hall–Kier alpha value is -1.17. The molecule has 2 N–H and O–H groups in total. The molecule has 27 heavy (non-hydrogen) atoms. The first-order valence-electron chi connectivity index (χ1n) is 9.35. The SMILES string of the molecule is N[C@@H]1CCCN([C@H]2Cc3cc(Cl)ccc3[C@@H]2OCc2cc(F)ccc2Cl)C1. The average Bonchev–Trinajstić information content (AvgIpc) is 3.00. The second-order valence-corrected chi connectivity index (χ2v) is 8.32. The number of nitrogens with two attached hydrogens (primary N) is 1. The molecule has 144 valence electrons. The van der Waals surface area contributed by atoms with E-state index in [1.807, 2.05) is 18.2 Å². The van der Waals surface area contributed by atoms with Crippen LogP contribution in [0.4, 0.5) is 4.39 Å². The molecule has 2 aromatic carbocycles. The quantitative estimate of drug-likeness (QED) is 0.793. The number of rotatable bonds is 4. The molecule has 3 nitrogen and oxygen atoms in total. The van der Waals surface area contributed by atoms with Crippen molar-refractivity contribution in [1.29, 1.82) is 0 Å². The van der Waals surface area contributed by atoms with Crippen molar-refractivity contribution in [3.63, 3.8) is 0 Å². The Morgan fingerprint density at radius 1 is 1.19 bits per heavy atom. The molecule has 0 unspecified atom stereocenters. The number of ether oxygens (including phenoxy) is 1. The van der Waals surface area contributed by atoms with E-state index >= 15 is 0 Å². The first kappa shape index (κ1) is 19.2. The topological polar surface area (TPSA) is 38.5 Å².